The van der Waals surface area contributed by atoms with Crippen molar-refractivity contribution in [2.45, 2.75) is 26.4 Å². The molecule has 0 atom stereocenters. The number of non-ortho nitro benzene ring substituents is 1. The van der Waals surface area contributed by atoms with Gasteiger partial charge in [0.15, 0.2) is 0 Å². The quantitative estimate of drug-likeness (QED) is 0.201. The van der Waals surface area contributed by atoms with E-state index in [-0.39, 0.29) is 44.2 Å². The van der Waals surface area contributed by atoms with Gasteiger partial charge in [0.25, 0.3) is 17.3 Å². The van der Waals surface area contributed by atoms with Crippen LogP contribution >= 0.6 is 0 Å². The second-order valence-corrected chi connectivity index (χ2v) is 7.10. The monoisotopic (exact) mass is 449 g/mol. The van der Waals surface area contributed by atoms with Crippen molar-refractivity contribution in [2.24, 2.45) is 0 Å². The lowest BCUT2D eigenvalue weighted by Crippen LogP contribution is -2.14. The number of aliphatic hydroxyl groups is 2. The van der Waals surface area contributed by atoms with Gasteiger partial charge in [-0.05, 0) is 28.5 Å². The highest BCUT2D eigenvalue weighted by molar-refractivity contribution is 5.95. The maximum Gasteiger partial charge on any atom is 0.285 e. The molecule has 0 heterocycles. The van der Waals surface area contributed by atoms with E-state index in [4.69, 9.17) is 4.74 Å². The minimum atomic E-state index is -0.717. The first-order valence-corrected chi connectivity index (χ1v) is 9.78. The predicted octanol–water partition coefficient (Wildman–Crippen LogP) is 1.92. The fourth-order valence-corrected chi connectivity index (χ4v) is 3.67. The number of nitrogens with zero attached hydrogens (tertiary/aromatic N) is 4. The Labute approximate surface area is 185 Å². The van der Waals surface area contributed by atoms with Crippen LogP contribution in [-0.4, -0.2) is 32.5 Å². The summed E-state index contributed by atoms with van der Waals surface area (Å²) in [4.78, 5) is 21.7. The zero-order valence-corrected chi connectivity index (χ0v) is 17.4. The van der Waals surface area contributed by atoms with Gasteiger partial charge >= 0.3 is 0 Å². The summed E-state index contributed by atoms with van der Waals surface area (Å²) in [6, 6.07) is 6.35. The highest BCUT2D eigenvalue weighted by Crippen LogP contribution is 2.28. The molecule has 1 aliphatic rings. The molecule has 0 aromatic heterocycles. The van der Waals surface area contributed by atoms with E-state index < -0.39 is 39.3 Å². The molecule has 2 N–H and O–H groups in total. The number of nitro benzene ring substituents is 2. The Morgan fingerprint density at radius 3 is 2.45 bits per heavy atom. The second kappa shape index (κ2) is 9.32. The first-order chi connectivity index (χ1) is 15.8. The van der Waals surface area contributed by atoms with E-state index in [1.807, 2.05) is 6.92 Å². The number of hydrogen-bond donors (Lipinski definition) is 2. The molecule has 11 heteroatoms. The topological polar surface area (TPSA) is 182 Å². The number of allylic oxidation sites excluding steroid dienone is 1. The smallest absolute Gasteiger partial charge is 0.285 e. The van der Waals surface area contributed by atoms with Crippen LogP contribution in [0.3, 0.4) is 0 Å². The summed E-state index contributed by atoms with van der Waals surface area (Å²) in [5.74, 6) is 1.12. The number of rotatable bonds is 8. The summed E-state index contributed by atoms with van der Waals surface area (Å²) >= 11 is 0. The lowest BCUT2D eigenvalue weighted by atomic mass is 9.98. The van der Waals surface area contributed by atoms with Crippen molar-refractivity contribution in [1.82, 2.24) is 0 Å². The molecule has 0 radical (unpaired) electrons. The van der Waals surface area contributed by atoms with Crippen LogP contribution in [-0.2, 0) is 11.3 Å². The number of ether oxygens (including phenoxy) is 1. The van der Waals surface area contributed by atoms with Gasteiger partial charge in [-0.2, -0.15) is 5.26 Å². The van der Waals surface area contributed by atoms with Crippen molar-refractivity contribution in [3.05, 3.63) is 87.5 Å². The molecule has 0 saturated carbocycles. The average molecular weight is 449 g/mol. The Morgan fingerprint density at radius 2 is 1.91 bits per heavy atom. The predicted molar refractivity (Wildman–Crippen MR) is 116 cm³/mol. The van der Waals surface area contributed by atoms with Gasteiger partial charge in [0.2, 0.25) is 0 Å². The maximum atomic E-state index is 11.6. The summed E-state index contributed by atoms with van der Waals surface area (Å²) in [6.45, 7) is 1.37. The van der Waals surface area contributed by atoms with Crippen LogP contribution < -0.4 is 10.4 Å². The second-order valence-electron chi connectivity index (χ2n) is 7.10. The number of unbranched alkanes of at least 4 members (excludes halogenated alkanes) is 1. The van der Waals surface area contributed by atoms with Gasteiger partial charge in [-0.15, -0.1) is 0 Å². The van der Waals surface area contributed by atoms with Crippen LogP contribution in [0, 0.1) is 42.0 Å². The van der Waals surface area contributed by atoms with Gasteiger partial charge in [0.1, 0.15) is 6.07 Å². The number of fused-ring (bicyclic) bond motifs is 2. The minimum Gasteiger partial charge on any atom is -0.762 e. The number of aliphatic hydroxyl groups excluding tert-OH is 2. The average Bonchev–Trinajstić information content (AvgIpc) is 3.11. The normalized spacial score (nSPS) is 12.2. The Morgan fingerprint density at radius 1 is 1.18 bits per heavy atom. The summed E-state index contributed by atoms with van der Waals surface area (Å²) in [5.41, 5.74) is -1.31. The van der Waals surface area contributed by atoms with Crippen LogP contribution in [0.15, 0.2) is 29.8 Å². The molecule has 2 aromatic rings. The molecule has 0 unspecified atom stereocenters. The molecule has 3 rings (SSSR count). The van der Waals surface area contributed by atoms with Crippen LogP contribution in [0.1, 0.15) is 30.9 Å². The molecule has 0 aliphatic heterocycles. The van der Waals surface area contributed by atoms with Gasteiger partial charge < -0.3 is 20.4 Å². The van der Waals surface area contributed by atoms with Gasteiger partial charge in [-0.25, -0.2) is 5.87 Å². The molecular formula is C22H17N4O7-. The summed E-state index contributed by atoms with van der Waals surface area (Å²) in [5, 5.41) is 62.9. The summed E-state index contributed by atoms with van der Waals surface area (Å²) in [6.07, 6.45) is 1.38. The first kappa shape index (κ1) is 23.1. The Bertz CT molecular complexity index is 1500. The Kier molecular flexibility index (Phi) is 6.53. The number of nitro groups is 2. The van der Waals surface area contributed by atoms with Crippen molar-refractivity contribution in [1.29, 1.82) is 5.26 Å². The van der Waals surface area contributed by atoms with E-state index in [0.717, 1.165) is 24.6 Å². The van der Waals surface area contributed by atoms with Crippen molar-refractivity contribution in [2.75, 3.05) is 6.61 Å². The van der Waals surface area contributed by atoms with Crippen molar-refractivity contribution >= 4 is 28.8 Å². The lowest BCUT2D eigenvalue weighted by Gasteiger charge is -2.07. The molecule has 1 aliphatic carbocycles. The molecule has 11 nitrogen and oxygen atoms in total. The van der Waals surface area contributed by atoms with E-state index in [0.29, 0.717) is 6.42 Å². The van der Waals surface area contributed by atoms with Gasteiger partial charge in [-0.3, -0.25) is 20.2 Å². The summed E-state index contributed by atoms with van der Waals surface area (Å²) in [7, 11) is 0. The molecule has 168 valence electrons. The van der Waals surface area contributed by atoms with Crippen LogP contribution in [0.2, 0.25) is 0 Å². The fraction of sp³-hybridized carbons (Fsp3) is 0.227. The van der Waals surface area contributed by atoms with Gasteiger partial charge in [0.05, 0.1) is 39.4 Å². The molecular weight excluding hydrogens is 432 g/mol. The molecule has 0 saturated heterocycles. The van der Waals surface area contributed by atoms with Crippen LogP contribution in [0.5, 0.6) is 0 Å². The molecule has 33 heavy (non-hydrogen) atoms. The van der Waals surface area contributed by atoms with Crippen molar-refractivity contribution in [3.8, 4) is 6.07 Å². The summed E-state index contributed by atoms with van der Waals surface area (Å²) < 4.78 is 5.36. The number of benzene rings is 2. The largest absolute Gasteiger partial charge is 0.762 e. The zero-order valence-electron chi connectivity index (χ0n) is 17.4. The number of nitriles is 1. The van der Waals surface area contributed by atoms with Gasteiger partial charge in [0, 0.05) is 29.0 Å². The minimum absolute atomic E-state index is 0.0381. The number of hydrogen-bond acceptors (Lipinski definition) is 8. The highest BCUT2D eigenvalue weighted by Gasteiger charge is 2.25. The molecule has 2 aromatic carbocycles. The van der Waals surface area contributed by atoms with E-state index in [9.17, 15) is 41.1 Å². The molecule has 0 bridgehead atoms. The van der Waals surface area contributed by atoms with Crippen molar-refractivity contribution < 1.29 is 24.8 Å². The molecule has 0 amide bonds. The Hall–Kier alpha value is -4.52. The molecule has 0 spiro atoms. The van der Waals surface area contributed by atoms with Crippen molar-refractivity contribution in [3.63, 3.8) is 0 Å². The van der Waals surface area contributed by atoms with Crippen LogP contribution in [0.25, 0.3) is 16.9 Å². The van der Waals surface area contributed by atoms with E-state index in [2.05, 4.69) is 0 Å². The SMILES string of the molecule is CCCCOC(O)=c1cc([N+](=O)[O-])cc2c1=c1cc(CO)c([N+](=O)[O-])cc1=C2C(=C=[N-])C#N. The van der Waals surface area contributed by atoms with E-state index in [1.165, 1.54) is 6.07 Å². The van der Waals surface area contributed by atoms with Crippen LogP contribution in [0.4, 0.5) is 11.4 Å². The van der Waals surface area contributed by atoms with E-state index in [1.54, 1.807) is 11.9 Å². The van der Waals surface area contributed by atoms with E-state index >= 15 is 0 Å². The maximum absolute atomic E-state index is 11.6. The zero-order chi connectivity index (χ0) is 24.3. The third kappa shape index (κ3) is 4.04. The van der Waals surface area contributed by atoms with Gasteiger partial charge in [-0.1, -0.05) is 13.3 Å². The molecule has 0 fully saturated rings. The first-order valence-electron chi connectivity index (χ1n) is 9.78. The Balaban J connectivity index is 2.64. The highest BCUT2D eigenvalue weighted by atomic mass is 16.6. The third-order valence-corrected chi connectivity index (χ3v) is 5.17. The fourth-order valence-electron chi connectivity index (χ4n) is 3.67. The lowest BCUT2D eigenvalue weighted by molar-refractivity contribution is -0.386. The third-order valence-electron chi connectivity index (χ3n) is 5.17. The standard InChI is InChI=1S/C22H17N4O7/c1-2-3-4-33-22(28)18-7-14(25(29)30)6-17-20(13(9-23)10-24)16-8-19(26(31)32)12(11-27)5-15(16)21(17)18/h5-8,27-28H,2-4,11H2,1H3/q-1.